The van der Waals surface area contributed by atoms with Crippen molar-refractivity contribution in [2.45, 2.75) is 32.4 Å². The van der Waals surface area contributed by atoms with Gasteiger partial charge in [-0.1, -0.05) is 12.1 Å². The quantitative estimate of drug-likeness (QED) is 0.183. The fourth-order valence-electron chi connectivity index (χ4n) is 3.23. The lowest BCUT2D eigenvalue weighted by Gasteiger charge is -2.30. The van der Waals surface area contributed by atoms with Crippen LogP contribution in [0.5, 0.6) is 0 Å². The molecule has 2 heterocycles. The topological polar surface area (TPSA) is 121 Å². The standard InChI is InChI=1S/C18H21BrFN5O3.C2HF3O/c1-2-25-7-3-4-11(10-25)16(26)9-15-17(24-28-23-15)18(22-27)21-12-5-6-14(20)13(19)8-12;3-2(4,5)1-6/h5-6,8,11,27H,2-4,7,9-10H2,1H3,(H,21,22);1H. The molecule has 1 aromatic carbocycles. The number of piperidine rings is 1. The summed E-state index contributed by atoms with van der Waals surface area (Å²) in [4.78, 5) is 27.9. The molecule has 0 aliphatic carbocycles. The molecule has 1 aromatic heterocycles. The predicted octanol–water partition coefficient (Wildman–Crippen LogP) is 3.62. The van der Waals surface area contributed by atoms with E-state index >= 15 is 0 Å². The Balaban J connectivity index is 0.000000604. The molecule has 14 heteroatoms. The van der Waals surface area contributed by atoms with Gasteiger partial charge in [0, 0.05) is 12.5 Å². The Labute approximate surface area is 200 Å². The molecule has 0 spiro atoms. The molecule has 34 heavy (non-hydrogen) atoms. The Morgan fingerprint density at radius 3 is 2.71 bits per heavy atom. The zero-order chi connectivity index (χ0) is 25.3. The van der Waals surface area contributed by atoms with Crippen LogP contribution in [0.3, 0.4) is 0 Å². The van der Waals surface area contributed by atoms with Crippen LogP contribution in [0.4, 0.5) is 23.2 Å². The average Bonchev–Trinajstić information content (AvgIpc) is 3.27. The minimum Gasteiger partial charge on any atom is -0.303 e. The zero-order valence-electron chi connectivity index (χ0n) is 18.0. The monoisotopic (exact) mass is 551 g/mol. The highest BCUT2D eigenvalue weighted by atomic mass is 79.9. The van der Waals surface area contributed by atoms with Gasteiger partial charge in [0.05, 0.1) is 16.6 Å². The van der Waals surface area contributed by atoms with Crippen molar-refractivity contribution in [1.29, 1.82) is 0 Å². The van der Waals surface area contributed by atoms with E-state index in [1.807, 2.05) is 5.48 Å². The number of Topliss-reactive ketones (excluding diaryl/α,β-unsaturated/α-hetero) is 1. The number of aldehydes is 1. The third kappa shape index (κ3) is 8.25. The molecule has 0 amide bonds. The van der Waals surface area contributed by atoms with Gasteiger partial charge < -0.3 is 4.90 Å². The number of nitrogens with zero attached hydrogens (tertiary/aromatic N) is 4. The summed E-state index contributed by atoms with van der Waals surface area (Å²) in [5.74, 6) is -0.479. The summed E-state index contributed by atoms with van der Waals surface area (Å²) >= 11 is 3.09. The highest BCUT2D eigenvalue weighted by molar-refractivity contribution is 9.10. The summed E-state index contributed by atoms with van der Waals surface area (Å²) < 4.78 is 49.6. The number of halogens is 5. The van der Waals surface area contributed by atoms with E-state index in [0.29, 0.717) is 11.4 Å². The second-order valence-electron chi connectivity index (χ2n) is 7.27. The fraction of sp³-hybridized carbons (Fsp3) is 0.450. The van der Waals surface area contributed by atoms with Crippen LogP contribution >= 0.6 is 15.9 Å². The molecular weight excluding hydrogens is 530 g/mol. The Morgan fingerprint density at radius 1 is 1.41 bits per heavy atom. The number of ketones is 1. The summed E-state index contributed by atoms with van der Waals surface area (Å²) in [7, 11) is 0. The number of aromatic nitrogens is 2. The van der Waals surface area contributed by atoms with Crippen LogP contribution in [0.15, 0.2) is 32.3 Å². The molecule has 1 aliphatic heterocycles. The second kappa shape index (κ2) is 12.7. The van der Waals surface area contributed by atoms with Crippen LogP contribution in [0, 0.1) is 11.7 Å². The van der Waals surface area contributed by atoms with Gasteiger partial charge in [0.25, 0.3) is 0 Å². The van der Waals surface area contributed by atoms with Gasteiger partial charge in [-0.25, -0.2) is 14.0 Å². The lowest BCUT2D eigenvalue weighted by molar-refractivity contribution is -0.156. The van der Waals surface area contributed by atoms with Crippen LogP contribution < -0.4 is 5.48 Å². The summed E-state index contributed by atoms with van der Waals surface area (Å²) in [5, 5.41) is 17.1. The van der Waals surface area contributed by atoms with Crippen LogP contribution in [-0.2, 0) is 16.0 Å². The molecule has 0 bridgehead atoms. The van der Waals surface area contributed by atoms with Crippen molar-refractivity contribution < 1.29 is 37.0 Å². The summed E-state index contributed by atoms with van der Waals surface area (Å²) in [6.45, 7) is 4.74. The number of hydrogen-bond donors (Lipinski definition) is 2. The van der Waals surface area contributed by atoms with E-state index in [1.165, 1.54) is 18.2 Å². The van der Waals surface area contributed by atoms with Gasteiger partial charge in [-0.3, -0.25) is 20.3 Å². The third-order valence-electron chi connectivity index (χ3n) is 4.91. The van der Waals surface area contributed by atoms with Crippen LogP contribution in [-0.4, -0.2) is 64.1 Å². The normalized spacial score (nSPS) is 17.0. The third-order valence-corrected chi connectivity index (χ3v) is 5.52. The molecule has 1 saturated heterocycles. The smallest absolute Gasteiger partial charge is 0.303 e. The number of benzene rings is 1. The van der Waals surface area contributed by atoms with E-state index in [4.69, 9.17) is 9.42 Å². The summed E-state index contributed by atoms with van der Waals surface area (Å²) in [6.07, 6.45) is -3.83. The highest BCUT2D eigenvalue weighted by Gasteiger charge is 2.28. The number of nitrogens with one attached hydrogen (secondary N) is 1. The molecule has 2 N–H and O–H groups in total. The first kappa shape index (κ1) is 27.5. The first-order valence-electron chi connectivity index (χ1n) is 10.1. The Bertz CT molecular complexity index is 1020. The van der Waals surface area contributed by atoms with Crippen molar-refractivity contribution in [3.63, 3.8) is 0 Å². The maximum atomic E-state index is 13.4. The molecule has 1 aliphatic rings. The van der Waals surface area contributed by atoms with Crippen molar-refractivity contribution in [3.05, 3.63) is 39.9 Å². The number of carbonyl (C=O) groups is 2. The molecule has 1 fully saturated rings. The van der Waals surface area contributed by atoms with Gasteiger partial charge in [-0.2, -0.15) is 13.2 Å². The zero-order valence-corrected chi connectivity index (χ0v) is 19.6. The molecule has 0 radical (unpaired) electrons. The number of rotatable bonds is 6. The van der Waals surface area contributed by atoms with Gasteiger partial charge >= 0.3 is 6.18 Å². The second-order valence-corrected chi connectivity index (χ2v) is 8.12. The number of amidine groups is 1. The van der Waals surface area contributed by atoms with Crippen molar-refractivity contribution in [2.24, 2.45) is 10.9 Å². The van der Waals surface area contributed by atoms with E-state index in [1.54, 1.807) is 0 Å². The SMILES string of the molecule is CCN1CCCC(C(=O)Cc2nonc2C(=Nc2ccc(F)c(Br)c2)NO)C1.O=CC(F)(F)F. The number of hydrogen-bond acceptors (Lipinski definition) is 8. The van der Waals surface area contributed by atoms with Crippen molar-refractivity contribution in [1.82, 2.24) is 20.7 Å². The summed E-state index contributed by atoms with van der Waals surface area (Å²) in [6, 6.07) is 4.13. The Hall–Kier alpha value is -2.71. The van der Waals surface area contributed by atoms with Gasteiger partial charge in [-0.15, -0.1) is 0 Å². The molecule has 2 aromatic rings. The van der Waals surface area contributed by atoms with E-state index in [-0.39, 0.29) is 34.1 Å². The first-order valence-corrected chi connectivity index (χ1v) is 10.9. The van der Waals surface area contributed by atoms with Gasteiger partial charge in [-0.05, 0) is 65.2 Å². The van der Waals surface area contributed by atoms with E-state index in [2.05, 4.69) is 43.1 Å². The van der Waals surface area contributed by atoms with Crippen LogP contribution in [0.1, 0.15) is 31.2 Å². The van der Waals surface area contributed by atoms with E-state index in [9.17, 15) is 27.6 Å². The Morgan fingerprint density at radius 2 is 2.12 bits per heavy atom. The first-order chi connectivity index (χ1) is 16.1. The number of alkyl halides is 3. The number of hydroxylamine groups is 1. The minimum atomic E-state index is -4.64. The average molecular weight is 552 g/mol. The van der Waals surface area contributed by atoms with Crippen molar-refractivity contribution in [2.75, 3.05) is 19.6 Å². The van der Waals surface area contributed by atoms with Crippen LogP contribution in [0.2, 0.25) is 0 Å². The van der Waals surface area contributed by atoms with Gasteiger partial charge in [0.2, 0.25) is 6.29 Å². The molecule has 9 nitrogen and oxygen atoms in total. The lowest BCUT2D eigenvalue weighted by atomic mass is 9.91. The Kier molecular flexibility index (Phi) is 10.3. The maximum Gasteiger partial charge on any atom is 0.446 e. The molecule has 1 atom stereocenters. The van der Waals surface area contributed by atoms with Crippen molar-refractivity contribution >= 4 is 39.5 Å². The lowest BCUT2D eigenvalue weighted by Crippen LogP contribution is -2.39. The number of likely N-dealkylation sites (tertiary alicyclic amines) is 1. The molecular formula is C20H22BrF4N5O4. The molecule has 1 unspecified atom stereocenters. The van der Waals surface area contributed by atoms with Crippen molar-refractivity contribution in [3.8, 4) is 0 Å². The van der Waals surface area contributed by atoms with Gasteiger partial charge in [0.1, 0.15) is 17.3 Å². The fourth-order valence-corrected chi connectivity index (χ4v) is 3.60. The van der Waals surface area contributed by atoms with Crippen LogP contribution in [0.25, 0.3) is 0 Å². The molecule has 186 valence electrons. The van der Waals surface area contributed by atoms with Gasteiger partial charge in [0.15, 0.2) is 11.5 Å². The maximum absolute atomic E-state index is 13.4. The largest absolute Gasteiger partial charge is 0.446 e. The minimum absolute atomic E-state index is 0.0366. The highest BCUT2D eigenvalue weighted by Crippen LogP contribution is 2.23. The van der Waals surface area contributed by atoms with E-state index < -0.39 is 18.3 Å². The summed E-state index contributed by atoms with van der Waals surface area (Å²) in [5.41, 5.74) is 2.76. The number of aliphatic imine (C=N–C) groups is 1. The predicted molar refractivity (Wildman–Crippen MR) is 115 cm³/mol. The van der Waals surface area contributed by atoms with E-state index in [0.717, 1.165) is 32.5 Å². The molecule has 0 saturated carbocycles. The number of carbonyl (C=O) groups excluding carboxylic acids is 2. The molecule has 3 rings (SSSR count).